The third-order valence-corrected chi connectivity index (χ3v) is 1.67. The van der Waals surface area contributed by atoms with E-state index in [0.717, 1.165) is 0 Å². The van der Waals surface area contributed by atoms with Crippen molar-refractivity contribution in [1.82, 2.24) is 5.32 Å². The van der Waals surface area contributed by atoms with E-state index in [9.17, 15) is 9.90 Å². The second kappa shape index (κ2) is 4.66. The van der Waals surface area contributed by atoms with Gasteiger partial charge in [-0.3, -0.25) is 0 Å². The second-order valence-corrected chi connectivity index (χ2v) is 5.01. The third kappa shape index (κ3) is 6.12. The van der Waals surface area contributed by atoms with Crippen molar-refractivity contribution in [3.8, 4) is 0 Å². The number of nitrogens with one attached hydrogen (secondary N) is 1. The summed E-state index contributed by atoms with van der Waals surface area (Å²) in [6.45, 7) is 12.1. The van der Waals surface area contributed by atoms with Gasteiger partial charge in [0.15, 0.2) is 0 Å². The molecule has 0 saturated carbocycles. The maximum Gasteiger partial charge on any atom is 0.408 e. The van der Waals surface area contributed by atoms with Gasteiger partial charge in [0.2, 0.25) is 0 Å². The lowest BCUT2D eigenvalue weighted by molar-refractivity contribution is 0.0273. The molecule has 1 unspecified atom stereocenters. The smallest absolute Gasteiger partial charge is 0.408 e. The number of amides is 1. The summed E-state index contributed by atoms with van der Waals surface area (Å²) in [5.74, 6) is 0. The van der Waals surface area contributed by atoms with Crippen molar-refractivity contribution in [3.63, 3.8) is 0 Å². The first-order valence-corrected chi connectivity index (χ1v) is 4.90. The summed E-state index contributed by atoms with van der Waals surface area (Å²) < 4.78 is 5.06. The van der Waals surface area contributed by atoms with E-state index in [1.165, 1.54) is 6.08 Å². The molecule has 0 radical (unpaired) electrons. The lowest BCUT2D eigenvalue weighted by Gasteiger charge is -2.28. The molecule has 0 aromatic heterocycles. The van der Waals surface area contributed by atoms with Crippen molar-refractivity contribution in [2.24, 2.45) is 0 Å². The van der Waals surface area contributed by atoms with Gasteiger partial charge in [0, 0.05) is 0 Å². The highest BCUT2D eigenvalue weighted by Gasteiger charge is 2.27. The van der Waals surface area contributed by atoms with E-state index in [4.69, 9.17) is 4.74 Å². The molecule has 0 aliphatic carbocycles. The van der Waals surface area contributed by atoms with Crippen LogP contribution in [0.3, 0.4) is 0 Å². The lowest BCUT2D eigenvalue weighted by Crippen LogP contribution is -2.49. The predicted molar refractivity (Wildman–Crippen MR) is 59.7 cm³/mol. The van der Waals surface area contributed by atoms with Crippen molar-refractivity contribution in [2.75, 3.05) is 0 Å². The van der Waals surface area contributed by atoms with Crippen LogP contribution < -0.4 is 5.32 Å². The highest BCUT2D eigenvalue weighted by Crippen LogP contribution is 2.11. The first kappa shape index (κ1) is 14.0. The fraction of sp³-hybridized carbons (Fsp3) is 0.727. The average molecular weight is 215 g/mol. The van der Waals surface area contributed by atoms with Crippen LogP contribution in [0.5, 0.6) is 0 Å². The highest BCUT2D eigenvalue weighted by atomic mass is 16.6. The Labute approximate surface area is 91.3 Å². The summed E-state index contributed by atoms with van der Waals surface area (Å²) in [5, 5.41) is 12.2. The molecule has 0 spiro atoms. The summed E-state index contributed by atoms with van der Waals surface area (Å²) in [6, 6.07) is -0.535. The van der Waals surface area contributed by atoms with E-state index in [0.29, 0.717) is 0 Å². The normalized spacial score (nSPS) is 14.3. The molecule has 0 rings (SSSR count). The average Bonchev–Trinajstić information content (AvgIpc) is 1.94. The number of alkyl carbamates (subject to hydrolysis) is 1. The molecule has 0 bridgehead atoms. The van der Waals surface area contributed by atoms with Gasteiger partial charge in [-0.2, -0.15) is 0 Å². The molecule has 88 valence electrons. The number of ether oxygens (including phenoxy) is 1. The van der Waals surface area contributed by atoms with Crippen LogP contribution in [0.4, 0.5) is 4.79 Å². The minimum Gasteiger partial charge on any atom is -0.444 e. The van der Waals surface area contributed by atoms with Crippen LogP contribution in [0.1, 0.15) is 34.6 Å². The van der Waals surface area contributed by atoms with Crippen LogP contribution >= 0.6 is 0 Å². The summed E-state index contributed by atoms with van der Waals surface area (Å²) in [6.07, 6.45) is 0.915. The minimum absolute atomic E-state index is 0.535. The Bertz CT molecular complexity index is 235. The van der Waals surface area contributed by atoms with Crippen LogP contribution in [0, 0.1) is 0 Å². The van der Waals surface area contributed by atoms with Crippen molar-refractivity contribution >= 4 is 6.09 Å². The molecule has 0 saturated heterocycles. The Kier molecular flexibility index (Phi) is 4.34. The summed E-state index contributed by atoms with van der Waals surface area (Å²) in [5.41, 5.74) is -1.60. The van der Waals surface area contributed by atoms with Gasteiger partial charge in [-0.25, -0.2) is 4.79 Å². The Hall–Kier alpha value is -1.03. The van der Waals surface area contributed by atoms with Crippen LogP contribution in [-0.2, 0) is 4.74 Å². The van der Waals surface area contributed by atoms with Gasteiger partial charge in [0.05, 0.1) is 11.6 Å². The third-order valence-electron chi connectivity index (χ3n) is 1.67. The SMILES string of the molecule is C=CC(NC(=O)OC(C)(C)C)C(C)(C)O. The molecule has 1 atom stereocenters. The zero-order valence-corrected chi connectivity index (χ0v) is 10.1. The number of hydrogen-bond acceptors (Lipinski definition) is 3. The zero-order chi connectivity index (χ0) is 12.3. The Morgan fingerprint density at radius 1 is 1.40 bits per heavy atom. The van der Waals surface area contributed by atoms with Crippen molar-refractivity contribution < 1.29 is 14.6 Å². The molecule has 2 N–H and O–H groups in total. The van der Waals surface area contributed by atoms with Crippen molar-refractivity contribution in [1.29, 1.82) is 0 Å². The summed E-state index contributed by atoms with van der Waals surface area (Å²) in [4.78, 5) is 11.4. The molecular formula is C11H21NO3. The van der Waals surface area contributed by atoms with Crippen LogP contribution in [0.2, 0.25) is 0 Å². The van der Waals surface area contributed by atoms with Crippen LogP contribution in [0.25, 0.3) is 0 Å². The zero-order valence-electron chi connectivity index (χ0n) is 10.1. The number of carbonyl (C=O) groups excluding carboxylic acids is 1. The number of rotatable bonds is 3. The van der Waals surface area contributed by atoms with E-state index in [2.05, 4.69) is 11.9 Å². The molecule has 0 fully saturated rings. The summed E-state index contributed by atoms with van der Waals surface area (Å²) >= 11 is 0. The predicted octanol–water partition coefficient (Wildman–Crippen LogP) is 1.84. The Morgan fingerprint density at radius 3 is 2.13 bits per heavy atom. The first-order chi connectivity index (χ1) is 6.56. The maximum absolute atomic E-state index is 11.4. The highest BCUT2D eigenvalue weighted by molar-refractivity contribution is 5.68. The summed E-state index contributed by atoms with van der Waals surface area (Å²) in [7, 11) is 0. The monoisotopic (exact) mass is 215 g/mol. The van der Waals surface area contributed by atoms with E-state index in [1.807, 2.05) is 0 Å². The molecule has 4 nitrogen and oxygen atoms in total. The number of aliphatic hydroxyl groups is 1. The van der Waals surface area contributed by atoms with Gasteiger partial charge in [0.25, 0.3) is 0 Å². The van der Waals surface area contributed by atoms with Gasteiger partial charge in [0.1, 0.15) is 5.60 Å². The molecule has 0 aliphatic rings. The standard InChI is InChI=1S/C11H21NO3/c1-7-8(11(5,6)14)12-9(13)15-10(2,3)4/h7-8,14H,1H2,2-6H3,(H,12,13). The van der Waals surface area contributed by atoms with Crippen molar-refractivity contribution in [3.05, 3.63) is 12.7 Å². The van der Waals surface area contributed by atoms with E-state index in [1.54, 1.807) is 34.6 Å². The lowest BCUT2D eigenvalue weighted by atomic mass is 9.99. The maximum atomic E-state index is 11.4. The van der Waals surface area contributed by atoms with E-state index >= 15 is 0 Å². The van der Waals surface area contributed by atoms with Gasteiger partial charge in [-0.15, -0.1) is 6.58 Å². The molecule has 1 amide bonds. The van der Waals surface area contributed by atoms with Gasteiger partial charge < -0.3 is 15.2 Å². The van der Waals surface area contributed by atoms with Crippen molar-refractivity contribution in [2.45, 2.75) is 51.9 Å². The first-order valence-electron chi connectivity index (χ1n) is 4.90. The number of carbonyl (C=O) groups is 1. The molecule has 0 heterocycles. The number of hydrogen-bond donors (Lipinski definition) is 2. The second-order valence-electron chi connectivity index (χ2n) is 5.01. The van der Waals surface area contributed by atoms with Gasteiger partial charge >= 0.3 is 6.09 Å². The molecular weight excluding hydrogens is 194 g/mol. The fourth-order valence-corrected chi connectivity index (χ4v) is 0.958. The van der Waals surface area contributed by atoms with Crippen LogP contribution in [0.15, 0.2) is 12.7 Å². The van der Waals surface area contributed by atoms with E-state index in [-0.39, 0.29) is 0 Å². The molecule has 0 aliphatic heterocycles. The quantitative estimate of drug-likeness (QED) is 0.706. The Balaban J connectivity index is 4.33. The fourth-order valence-electron chi connectivity index (χ4n) is 0.958. The van der Waals surface area contributed by atoms with Crippen LogP contribution in [-0.4, -0.2) is 28.4 Å². The molecule has 4 heteroatoms. The minimum atomic E-state index is -1.06. The Morgan fingerprint density at radius 2 is 1.87 bits per heavy atom. The largest absolute Gasteiger partial charge is 0.444 e. The molecule has 0 aromatic rings. The van der Waals surface area contributed by atoms with E-state index < -0.39 is 23.3 Å². The van der Waals surface area contributed by atoms with Gasteiger partial charge in [-0.1, -0.05) is 6.08 Å². The van der Waals surface area contributed by atoms with Gasteiger partial charge in [-0.05, 0) is 34.6 Å². The molecule has 0 aromatic carbocycles. The topological polar surface area (TPSA) is 58.6 Å². The molecule has 15 heavy (non-hydrogen) atoms.